The van der Waals surface area contributed by atoms with E-state index in [0.29, 0.717) is 5.56 Å². The number of carbonyl (C=O) groups excluding carboxylic acids is 2. The lowest BCUT2D eigenvalue weighted by molar-refractivity contribution is 0.100. The van der Waals surface area contributed by atoms with Crippen LogP contribution in [0, 0.1) is 20.8 Å². The van der Waals surface area contributed by atoms with Crippen LogP contribution in [0.5, 0.6) is 11.5 Å². The maximum Gasteiger partial charge on any atom is 0.161 e. The molecule has 0 spiro atoms. The van der Waals surface area contributed by atoms with E-state index < -0.39 is 0 Å². The Bertz CT molecular complexity index is 756. The van der Waals surface area contributed by atoms with Crippen molar-refractivity contribution < 1.29 is 19.1 Å². The molecule has 0 amide bonds. The van der Waals surface area contributed by atoms with Crippen LogP contribution in [0.1, 0.15) is 66.1 Å². The van der Waals surface area contributed by atoms with Gasteiger partial charge >= 0.3 is 0 Å². The second kappa shape index (κ2) is 12.3. The molecule has 0 saturated heterocycles. The minimum Gasteiger partial charge on any atom is -0.496 e. The molecule has 2 aromatic carbocycles. The van der Waals surface area contributed by atoms with Crippen molar-refractivity contribution in [3.05, 3.63) is 56.6 Å². The van der Waals surface area contributed by atoms with Gasteiger partial charge in [-0.3, -0.25) is 9.59 Å². The number of Topliss-reactive ketones (excluding diaryl/α,β-unsaturated/α-hetero) is 2. The van der Waals surface area contributed by atoms with Crippen molar-refractivity contribution in [2.75, 3.05) is 14.2 Å². The van der Waals surface area contributed by atoms with Gasteiger partial charge in [-0.25, -0.2) is 0 Å². The molecular formula is C23H33BrO4. The lowest BCUT2D eigenvalue weighted by Crippen LogP contribution is -1.98. The molecular weight excluding hydrogens is 420 g/mol. The first-order valence-electron chi connectivity index (χ1n) is 8.13. The summed E-state index contributed by atoms with van der Waals surface area (Å²) in [4.78, 5) is 22.4. The first-order valence-corrected chi connectivity index (χ1v) is 8.92. The third-order valence-corrected chi connectivity index (χ3v) is 4.64. The Labute approximate surface area is 178 Å². The average molecular weight is 453 g/mol. The maximum absolute atomic E-state index is 11.2. The zero-order chi connectivity index (χ0) is 20.0. The van der Waals surface area contributed by atoms with Crippen LogP contribution in [-0.4, -0.2) is 25.8 Å². The summed E-state index contributed by atoms with van der Waals surface area (Å²) in [6, 6.07) is 7.40. The highest BCUT2D eigenvalue weighted by Gasteiger charge is 2.09. The van der Waals surface area contributed by atoms with Gasteiger partial charge in [0.05, 0.1) is 14.2 Å². The van der Waals surface area contributed by atoms with Crippen LogP contribution >= 0.6 is 15.9 Å². The number of carbonyl (C=O) groups is 2. The summed E-state index contributed by atoms with van der Waals surface area (Å²) in [7, 11) is 3.21. The number of ether oxygens (including phenoxy) is 2. The van der Waals surface area contributed by atoms with Crippen LogP contribution in [0.15, 0.2) is 28.7 Å². The second-order valence-corrected chi connectivity index (χ2v) is 6.91. The van der Waals surface area contributed by atoms with E-state index in [4.69, 9.17) is 9.47 Å². The fraction of sp³-hybridized carbons (Fsp3) is 0.391. The molecule has 0 radical (unpaired) electrons. The number of methoxy groups -OCH3 is 2. The van der Waals surface area contributed by atoms with Gasteiger partial charge in [-0.15, -0.1) is 0 Å². The number of halogens is 1. The van der Waals surface area contributed by atoms with Crippen LogP contribution < -0.4 is 9.47 Å². The van der Waals surface area contributed by atoms with Gasteiger partial charge in [0.15, 0.2) is 11.6 Å². The molecule has 0 bridgehead atoms. The smallest absolute Gasteiger partial charge is 0.161 e. The van der Waals surface area contributed by atoms with Crippen molar-refractivity contribution >= 4 is 27.5 Å². The molecule has 2 rings (SSSR count). The summed E-state index contributed by atoms with van der Waals surface area (Å²) in [5.41, 5.74) is 4.47. The third-order valence-electron chi connectivity index (χ3n) is 3.98. The number of hydrogen-bond acceptors (Lipinski definition) is 4. The van der Waals surface area contributed by atoms with E-state index in [2.05, 4.69) is 15.9 Å². The Morgan fingerprint density at radius 3 is 1.50 bits per heavy atom. The van der Waals surface area contributed by atoms with Gasteiger partial charge in [-0.2, -0.15) is 0 Å². The van der Waals surface area contributed by atoms with E-state index in [-0.39, 0.29) is 26.4 Å². The topological polar surface area (TPSA) is 52.6 Å². The van der Waals surface area contributed by atoms with Gasteiger partial charge in [0.1, 0.15) is 11.5 Å². The molecule has 0 fully saturated rings. The van der Waals surface area contributed by atoms with Crippen molar-refractivity contribution in [3.8, 4) is 11.5 Å². The van der Waals surface area contributed by atoms with E-state index in [1.807, 2.05) is 32.9 Å². The zero-order valence-corrected chi connectivity index (χ0v) is 17.9. The van der Waals surface area contributed by atoms with Gasteiger partial charge in [-0.1, -0.05) is 36.8 Å². The van der Waals surface area contributed by atoms with E-state index in [1.54, 1.807) is 33.3 Å². The largest absolute Gasteiger partial charge is 0.496 e. The van der Waals surface area contributed by atoms with Gasteiger partial charge in [0, 0.05) is 15.6 Å². The number of aryl methyl sites for hydroxylation is 3. The van der Waals surface area contributed by atoms with Crippen LogP contribution in [0.3, 0.4) is 0 Å². The Balaban J connectivity index is 0. The van der Waals surface area contributed by atoms with E-state index in [9.17, 15) is 9.59 Å². The third kappa shape index (κ3) is 7.12. The van der Waals surface area contributed by atoms with Crippen LogP contribution in [-0.2, 0) is 0 Å². The molecule has 0 aliphatic rings. The predicted octanol–water partition coefficient (Wildman–Crippen LogP) is 6.76. The Morgan fingerprint density at radius 1 is 0.714 bits per heavy atom. The summed E-state index contributed by atoms with van der Waals surface area (Å²) < 4.78 is 11.1. The van der Waals surface area contributed by atoms with Gasteiger partial charge < -0.3 is 9.47 Å². The highest BCUT2D eigenvalue weighted by Crippen LogP contribution is 2.27. The number of hydrogen-bond donors (Lipinski definition) is 0. The summed E-state index contributed by atoms with van der Waals surface area (Å²) in [6.45, 7) is 8.94. The van der Waals surface area contributed by atoms with Gasteiger partial charge in [-0.05, 0) is 69.5 Å². The zero-order valence-electron chi connectivity index (χ0n) is 16.3. The molecule has 156 valence electrons. The minimum absolute atomic E-state index is 0. The molecule has 2 aromatic rings. The summed E-state index contributed by atoms with van der Waals surface area (Å²) in [6.07, 6.45) is 0. The number of ketones is 2. The van der Waals surface area contributed by atoms with E-state index in [0.717, 1.165) is 38.2 Å². The molecule has 0 N–H and O–H groups in total. The molecule has 0 aromatic heterocycles. The second-order valence-electron chi connectivity index (χ2n) is 6.05. The molecule has 28 heavy (non-hydrogen) atoms. The SMILES string of the molecule is C.C.COc1cc(C(C)=O)c(Br)cc1C.COc1cc(C(C)=O)c(C)cc1C. The molecule has 4 nitrogen and oxygen atoms in total. The lowest BCUT2D eigenvalue weighted by Gasteiger charge is -2.08. The van der Waals surface area contributed by atoms with Crippen LogP contribution in [0.25, 0.3) is 0 Å². The van der Waals surface area contributed by atoms with Crippen molar-refractivity contribution in [2.24, 2.45) is 0 Å². The summed E-state index contributed by atoms with van der Waals surface area (Å²) in [5, 5.41) is 0. The van der Waals surface area contributed by atoms with Crippen molar-refractivity contribution in [2.45, 2.75) is 49.5 Å². The molecule has 0 unspecified atom stereocenters. The minimum atomic E-state index is 0. The molecule has 0 heterocycles. The van der Waals surface area contributed by atoms with Crippen molar-refractivity contribution in [1.29, 1.82) is 0 Å². The lowest BCUT2D eigenvalue weighted by atomic mass is 10.0. The number of rotatable bonds is 4. The van der Waals surface area contributed by atoms with Crippen molar-refractivity contribution in [3.63, 3.8) is 0 Å². The van der Waals surface area contributed by atoms with Crippen LogP contribution in [0.4, 0.5) is 0 Å². The first kappa shape index (κ1) is 28.1. The summed E-state index contributed by atoms with van der Waals surface area (Å²) >= 11 is 3.33. The predicted molar refractivity (Wildman–Crippen MR) is 121 cm³/mol. The Morgan fingerprint density at radius 2 is 1.11 bits per heavy atom. The van der Waals surface area contributed by atoms with Crippen molar-refractivity contribution in [1.82, 2.24) is 0 Å². The van der Waals surface area contributed by atoms with Crippen LogP contribution in [0.2, 0.25) is 0 Å². The molecule has 0 aliphatic heterocycles. The Hall–Kier alpha value is -2.14. The maximum atomic E-state index is 11.2. The average Bonchev–Trinajstić information content (AvgIpc) is 2.55. The molecule has 0 aliphatic carbocycles. The quantitative estimate of drug-likeness (QED) is 0.480. The molecule has 5 heteroatoms. The monoisotopic (exact) mass is 452 g/mol. The molecule has 0 saturated carbocycles. The standard InChI is InChI=1S/C11H14O2.C10H11BrO2.2CH4/c1-7-5-8(2)11(13-4)6-10(7)9(3)12;1-6-4-9(11)8(7(2)12)5-10(6)13-3;;/h5-6H,1-4H3;4-5H,1-3H3;2*1H4. The van der Waals surface area contributed by atoms with Gasteiger partial charge in [0.2, 0.25) is 0 Å². The molecule has 0 atom stereocenters. The highest BCUT2D eigenvalue weighted by atomic mass is 79.9. The normalized spacial score (nSPS) is 9.14. The van der Waals surface area contributed by atoms with E-state index in [1.165, 1.54) is 6.92 Å². The fourth-order valence-electron chi connectivity index (χ4n) is 2.57. The fourth-order valence-corrected chi connectivity index (χ4v) is 3.31. The summed E-state index contributed by atoms with van der Waals surface area (Å²) in [5.74, 6) is 1.63. The highest BCUT2D eigenvalue weighted by molar-refractivity contribution is 9.10. The number of benzene rings is 2. The Kier molecular flexibility index (Phi) is 12.4. The van der Waals surface area contributed by atoms with Gasteiger partial charge in [0.25, 0.3) is 0 Å². The first-order chi connectivity index (χ1) is 12.1. The van der Waals surface area contributed by atoms with E-state index >= 15 is 0 Å².